The summed E-state index contributed by atoms with van der Waals surface area (Å²) >= 11 is 5.80. The highest BCUT2D eigenvalue weighted by Gasteiger charge is 2.20. The summed E-state index contributed by atoms with van der Waals surface area (Å²) in [7, 11) is 1.45. The maximum absolute atomic E-state index is 11.0. The number of nitrogens with one attached hydrogen (secondary N) is 1. The van der Waals surface area contributed by atoms with Gasteiger partial charge in [0, 0.05) is 26.2 Å². The van der Waals surface area contributed by atoms with E-state index in [-0.39, 0.29) is 29.6 Å². The van der Waals surface area contributed by atoms with Crippen LogP contribution in [0, 0.1) is 10.1 Å². The number of aliphatic carboxylic acids is 1. The molecule has 0 aliphatic rings. The molecule has 1 aromatic rings. The van der Waals surface area contributed by atoms with Crippen LogP contribution in [-0.2, 0) is 9.53 Å². The number of halogens is 1. The lowest BCUT2D eigenvalue weighted by atomic mass is 10.2. The lowest BCUT2D eigenvalue weighted by Gasteiger charge is -2.15. The van der Waals surface area contributed by atoms with E-state index in [2.05, 4.69) is 10.3 Å². The first-order valence-electron chi connectivity index (χ1n) is 5.24. The number of anilines is 1. The van der Waals surface area contributed by atoms with Gasteiger partial charge in [-0.25, -0.2) is 9.78 Å². The fraction of sp³-hybridized carbons (Fsp3) is 0.400. The topological polar surface area (TPSA) is 115 Å². The van der Waals surface area contributed by atoms with Crippen LogP contribution in [0.5, 0.6) is 0 Å². The lowest BCUT2D eigenvalue weighted by molar-refractivity contribution is -0.385. The molecule has 0 fully saturated rings. The van der Waals surface area contributed by atoms with E-state index in [9.17, 15) is 14.9 Å². The highest BCUT2D eigenvalue weighted by atomic mass is 35.5. The van der Waals surface area contributed by atoms with Crippen molar-refractivity contribution in [2.24, 2.45) is 0 Å². The van der Waals surface area contributed by atoms with Gasteiger partial charge in [-0.2, -0.15) is 0 Å². The minimum atomic E-state index is -1.09. The Morgan fingerprint density at radius 3 is 2.89 bits per heavy atom. The van der Waals surface area contributed by atoms with Crippen LogP contribution in [0.1, 0.15) is 6.42 Å². The molecule has 8 nitrogen and oxygen atoms in total. The molecule has 0 radical (unpaired) electrons. The highest BCUT2D eigenvalue weighted by Crippen LogP contribution is 2.24. The molecule has 1 atom stereocenters. The number of rotatable bonds is 7. The minimum Gasteiger partial charge on any atom is -0.480 e. The van der Waals surface area contributed by atoms with Crippen molar-refractivity contribution in [2.75, 3.05) is 19.0 Å². The Kier molecular flexibility index (Phi) is 5.46. The summed E-state index contributed by atoms with van der Waals surface area (Å²) in [5.74, 6) is -1.01. The Morgan fingerprint density at radius 2 is 2.42 bits per heavy atom. The Morgan fingerprint density at radius 1 is 1.74 bits per heavy atom. The number of hydrogen-bond acceptors (Lipinski definition) is 6. The van der Waals surface area contributed by atoms with Gasteiger partial charge in [-0.3, -0.25) is 10.1 Å². The van der Waals surface area contributed by atoms with Crippen molar-refractivity contribution >= 4 is 29.1 Å². The number of hydrogen-bond donors (Lipinski definition) is 2. The van der Waals surface area contributed by atoms with Crippen molar-refractivity contribution < 1.29 is 19.6 Å². The van der Waals surface area contributed by atoms with E-state index in [0.29, 0.717) is 0 Å². The van der Waals surface area contributed by atoms with Gasteiger partial charge in [0.1, 0.15) is 18.1 Å². The Labute approximate surface area is 113 Å². The zero-order valence-electron chi connectivity index (χ0n) is 10.00. The van der Waals surface area contributed by atoms with Gasteiger partial charge < -0.3 is 15.2 Å². The molecule has 0 amide bonds. The molecule has 1 rings (SSSR count). The standard InChI is InChI=1S/C10H12ClN3O5/c1-19-3-2-8(10(15)16)13-9-7(11)4-6(5-12-9)14(17)18/h4-5,8H,2-3H2,1H3,(H,12,13)(H,15,16). The summed E-state index contributed by atoms with van der Waals surface area (Å²) in [6.07, 6.45) is 1.21. The maximum Gasteiger partial charge on any atom is 0.326 e. The lowest BCUT2D eigenvalue weighted by Crippen LogP contribution is -2.31. The van der Waals surface area contributed by atoms with Crippen LogP contribution in [0.4, 0.5) is 11.5 Å². The molecular formula is C10H12ClN3O5. The third-order valence-electron chi connectivity index (χ3n) is 2.26. The third kappa shape index (κ3) is 4.34. The number of methoxy groups -OCH3 is 1. The smallest absolute Gasteiger partial charge is 0.326 e. The molecule has 9 heteroatoms. The van der Waals surface area contributed by atoms with Gasteiger partial charge in [0.15, 0.2) is 0 Å². The summed E-state index contributed by atoms with van der Waals surface area (Å²) in [4.78, 5) is 24.6. The largest absolute Gasteiger partial charge is 0.480 e. The SMILES string of the molecule is COCCC(Nc1ncc([N+](=O)[O-])cc1Cl)C(=O)O. The number of carboxylic acid groups (broad SMARTS) is 1. The summed E-state index contributed by atoms with van der Waals surface area (Å²) in [5, 5.41) is 22.1. The molecule has 0 saturated carbocycles. The van der Waals surface area contributed by atoms with E-state index in [0.717, 1.165) is 12.3 Å². The van der Waals surface area contributed by atoms with Crippen LogP contribution in [0.2, 0.25) is 5.02 Å². The first-order chi connectivity index (χ1) is 8.95. The molecule has 0 aromatic carbocycles. The van der Waals surface area contributed by atoms with Crippen molar-refractivity contribution in [3.8, 4) is 0 Å². The minimum absolute atomic E-state index is 0.0159. The van der Waals surface area contributed by atoms with Crippen molar-refractivity contribution in [3.05, 3.63) is 27.4 Å². The van der Waals surface area contributed by atoms with Gasteiger partial charge in [-0.15, -0.1) is 0 Å². The summed E-state index contributed by atoms with van der Waals surface area (Å²) in [6.45, 7) is 0.245. The third-order valence-corrected chi connectivity index (χ3v) is 2.55. The normalized spacial score (nSPS) is 11.9. The molecule has 19 heavy (non-hydrogen) atoms. The second kappa shape index (κ2) is 6.86. The fourth-order valence-electron chi connectivity index (χ4n) is 1.29. The predicted molar refractivity (Wildman–Crippen MR) is 67.4 cm³/mol. The average Bonchev–Trinajstić information content (AvgIpc) is 2.35. The molecular weight excluding hydrogens is 278 g/mol. The molecule has 0 aliphatic heterocycles. The van der Waals surface area contributed by atoms with Crippen LogP contribution >= 0.6 is 11.6 Å². The van der Waals surface area contributed by atoms with Crippen molar-refractivity contribution in [1.82, 2.24) is 4.98 Å². The van der Waals surface area contributed by atoms with E-state index in [1.807, 2.05) is 0 Å². The van der Waals surface area contributed by atoms with E-state index in [1.54, 1.807) is 0 Å². The summed E-state index contributed by atoms with van der Waals surface area (Å²) in [6, 6.07) is 0.165. The molecule has 2 N–H and O–H groups in total. The zero-order chi connectivity index (χ0) is 14.4. The van der Waals surface area contributed by atoms with Crippen LogP contribution in [0.25, 0.3) is 0 Å². The van der Waals surface area contributed by atoms with E-state index < -0.39 is 16.9 Å². The number of nitrogens with zero attached hydrogens (tertiary/aromatic N) is 2. The Hall–Kier alpha value is -1.93. The first-order valence-corrected chi connectivity index (χ1v) is 5.61. The van der Waals surface area contributed by atoms with Gasteiger partial charge in [0.2, 0.25) is 0 Å². The van der Waals surface area contributed by atoms with Crippen molar-refractivity contribution in [3.63, 3.8) is 0 Å². The molecule has 0 bridgehead atoms. The quantitative estimate of drug-likeness (QED) is 0.578. The monoisotopic (exact) mass is 289 g/mol. The Bertz CT molecular complexity index is 482. The van der Waals surface area contributed by atoms with Gasteiger partial charge in [0.25, 0.3) is 5.69 Å². The molecule has 0 saturated heterocycles. The van der Waals surface area contributed by atoms with Crippen LogP contribution in [0.15, 0.2) is 12.3 Å². The molecule has 1 aromatic heterocycles. The number of aromatic nitrogens is 1. The molecule has 0 aliphatic carbocycles. The molecule has 1 unspecified atom stereocenters. The van der Waals surface area contributed by atoms with E-state index >= 15 is 0 Å². The molecule has 1 heterocycles. The number of pyridine rings is 1. The van der Waals surface area contributed by atoms with Gasteiger partial charge in [-0.05, 0) is 0 Å². The Balaban J connectivity index is 2.84. The van der Waals surface area contributed by atoms with Crippen LogP contribution in [0.3, 0.4) is 0 Å². The summed E-state index contributed by atoms with van der Waals surface area (Å²) < 4.78 is 4.79. The maximum atomic E-state index is 11.0. The second-order valence-electron chi connectivity index (χ2n) is 3.60. The number of carboxylic acids is 1. The average molecular weight is 290 g/mol. The number of carbonyl (C=O) groups is 1. The summed E-state index contributed by atoms with van der Waals surface area (Å²) in [5.41, 5.74) is -0.265. The number of nitro groups is 1. The van der Waals surface area contributed by atoms with Crippen LogP contribution < -0.4 is 5.32 Å². The predicted octanol–water partition coefficient (Wildman–Crippen LogP) is 1.54. The molecule has 0 spiro atoms. The van der Waals surface area contributed by atoms with Crippen molar-refractivity contribution in [1.29, 1.82) is 0 Å². The highest BCUT2D eigenvalue weighted by molar-refractivity contribution is 6.33. The van der Waals surface area contributed by atoms with Gasteiger partial charge in [-0.1, -0.05) is 11.6 Å². The van der Waals surface area contributed by atoms with E-state index in [4.69, 9.17) is 21.4 Å². The van der Waals surface area contributed by atoms with E-state index in [1.165, 1.54) is 7.11 Å². The first kappa shape index (κ1) is 15.1. The van der Waals surface area contributed by atoms with Crippen molar-refractivity contribution in [2.45, 2.75) is 12.5 Å². The fourth-order valence-corrected chi connectivity index (χ4v) is 1.51. The molecule has 104 valence electrons. The van der Waals surface area contributed by atoms with Crippen LogP contribution in [-0.4, -0.2) is 40.7 Å². The zero-order valence-corrected chi connectivity index (χ0v) is 10.8. The van der Waals surface area contributed by atoms with Gasteiger partial charge >= 0.3 is 5.97 Å². The second-order valence-corrected chi connectivity index (χ2v) is 4.00. The van der Waals surface area contributed by atoms with Gasteiger partial charge in [0.05, 0.1) is 9.95 Å². The number of ether oxygens (including phenoxy) is 1.